The molecule has 1 unspecified atom stereocenters. The normalized spacial score (nSPS) is 22.1. The lowest BCUT2D eigenvalue weighted by Crippen LogP contribution is -2.37. The third-order valence-electron chi connectivity index (χ3n) is 2.39. The van der Waals surface area contributed by atoms with Crippen molar-refractivity contribution >= 4 is 16.8 Å². The zero-order valence-electron chi connectivity index (χ0n) is 9.04. The summed E-state index contributed by atoms with van der Waals surface area (Å²) in [5.41, 5.74) is 5.65. The van der Waals surface area contributed by atoms with Gasteiger partial charge in [-0.2, -0.15) is 0 Å². The lowest BCUT2D eigenvalue weighted by molar-refractivity contribution is 0.670. The van der Waals surface area contributed by atoms with E-state index in [1.807, 2.05) is 13.8 Å². The fraction of sp³-hybridized carbons (Fsp3) is 0.889. The number of aliphatic imine (C=N–C) groups is 1. The molecule has 1 aliphatic carbocycles. The lowest BCUT2D eigenvalue weighted by Gasteiger charge is -2.11. The monoisotopic (exact) mass is 217 g/mol. The average molecular weight is 217 g/mol. The summed E-state index contributed by atoms with van der Waals surface area (Å²) in [6.45, 7) is 4.60. The fourth-order valence-corrected chi connectivity index (χ4v) is 2.17. The lowest BCUT2D eigenvalue weighted by atomic mass is 10.4. The van der Waals surface area contributed by atoms with E-state index in [1.54, 1.807) is 6.26 Å². The molecule has 4 nitrogen and oxygen atoms in total. The highest BCUT2D eigenvalue weighted by atomic mass is 32.2. The Morgan fingerprint density at radius 2 is 2.21 bits per heavy atom. The summed E-state index contributed by atoms with van der Waals surface area (Å²) in [7, 11) is -0.784. The Balaban J connectivity index is 2.42. The number of hydrogen-bond donors (Lipinski definition) is 2. The van der Waals surface area contributed by atoms with E-state index < -0.39 is 10.8 Å². The Bertz CT molecular complexity index is 259. The smallest absolute Gasteiger partial charge is 0.188 e. The first-order valence-corrected chi connectivity index (χ1v) is 6.42. The van der Waals surface area contributed by atoms with Gasteiger partial charge in [-0.3, -0.25) is 9.20 Å². The van der Waals surface area contributed by atoms with Crippen molar-refractivity contribution in [3.8, 4) is 0 Å². The van der Waals surface area contributed by atoms with Crippen molar-refractivity contribution in [2.45, 2.75) is 37.5 Å². The van der Waals surface area contributed by atoms with E-state index >= 15 is 0 Å². The van der Waals surface area contributed by atoms with Gasteiger partial charge in [0.1, 0.15) is 0 Å². The zero-order valence-corrected chi connectivity index (χ0v) is 9.86. The van der Waals surface area contributed by atoms with E-state index in [0.29, 0.717) is 18.5 Å². The van der Waals surface area contributed by atoms with Gasteiger partial charge in [-0.05, 0) is 26.7 Å². The molecule has 3 N–H and O–H groups in total. The van der Waals surface area contributed by atoms with Crippen LogP contribution in [0, 0.1) is 0 Å². The molecule has 14 heavy (non-hydrogen) atoms. The zero-order chi connectivity index (χ0) is 10.8. The quantitative estimate of drug-likeness (QED) is 0.522. The Kier molecular flexibility index (Phi) is 3.53. The van der Waals surface area contributed by atoms with Crippen LogP contribution in [0.4, 0.5) is 0 Å². The number of nitrogens with zero attached hydrogens (tertiary/aromatic N) is 1. The number of guanidine groups is 1. The summed E-state index contributed by atoms with van der Waals surface area (Å²) < 4.78 is 11.3. The van der Waals surface area contributed by atoms with Gasteiger partial charge in [0.25, 0.3) is 0 Å². The summed E-state index contributed by atoms with van der Waals surface area (Å²) in [4.78, 5) is 4.21. The molecule has 0 saturated heterocycles. The van der Waals surface area contributed by atoms with Gasteiger partial charge in [-0.25, -0.2) is 0 Å². The van der Waals surface area contributed by atoms with Crippen LogP contribution in [0.1, 0.15) is 26.7 Å². The Hall–Kier alpha value is -0.580. The first kappa shape index (κ1) is 11.5. The number of nitrogens with one attached hydrogen (secondary N) is 1. The van der Waals surface area contributed by atoms with Crippen LogP contribution in [0.3, 0.4) is 0 Å². The van der Waals surface area contributed by atoms with E-state index in [9.17, 15) is 4.21 Å². The van der Waals surface area contributed by atoms with Crippen LogP contribution in [-0.4, -0.2) is 33.8 Å². The van der Waals surface area contributed by atoms with Gasteiger partial charge < -0.3 is 11.1 Å². The minimum Gasteiger partial charge on any atom is -0.370 e. The van der Waals surface area contributed by atoms with Gasteiger partial charge >= 0.3 is 0 Å². The molecule has 0 aliphatic heterocycles. The van der Waals surface area contributed by atoms with Gasteiger partial charge in [0, 0.05) is 23.1 Å². The molecule has 1 saturated carbocycles. The molecular formula is C9H19N3OS. The number of nitrogens with two attached hydrogens (primary N) is 1. The van der Waals surface area contributed by atoms with Crippen LogP contribution >= 0.6 is 0 Å². The predicted molar refractivity (Wildman–Crippen MR) is 60.8 cm³/mol. The molecule has 0 bridgehead atoms. The Labute approximate surface area is 87.8 Å². The standard InChI is InChI=1S/C9H19N3OS/c1-7(2)12-8(10)11-6-9(4-5-9)14(3)13/h7H,4-6H2,1-3H3,(H3,10,11,12). The van der Waals surface area contributed by atoms with E-state index in [0.717, 1.165) is 12.8 Å². The molecule has 0 spiro atoms. The molecule has 0 amide bonds. The van der Waals surface area contributed by atoms with Gasteiger partial charge in [-0.15, -0.1) is 0 Å². The molecular weight excluding hydrogens is 198 g/mol. The SMILES string of the molecule is CC(C)NC(N)=NCC1(S(C)=O)CC1. The minimum absolute atomic E-state index is 0.0662. The fourth-order valence-electron chi connectivity index (χ4n) is 1.25. The molecule has 5 heteroatoms. The Morgan fingerprint density at radius 1 is 1.64 bits per heavy atom. The third kappa shape index (κ3) is 2.97. The van der Waals surface area contributed by atoms with E-state index in [2.05, 4.69) is 10.3 Å². The van der Waals surface area contributed by atoms with Crippen molar-refractivity contribution in [1.82, 2.24) is 5.32 Å². The maximum Gasteiger partial charge on any atom is 0.188 e. The van der Waals surface area contributed by atoms with Crippen LogP contribution in [0.25, 0.3) is 0 Å². The van der Waals surface area contributed by atoms with Crippen molar-refractivity contribution in [2.24, 2.45) is 10.7 Å². The average Bonchev–Trinajstić information content (AvgIpc) is 2.79. The molecule has 0 radical (unpaired) electrons. The summed E-state index contributed by atoms with van der Waals surface area (Å²) in [6, 6.07) is 0.293. The molecule has 1 rings (SSSR count). The summed E-state index contributed by atoms with van der Waals surface area (Å²) in [6.07, 6.45) is 3.76. The number of hydrogen-bond acceptors (Lipinski definition) is 2. The maximum atomic E-state index is 11.3. The largest absolute Gasteiger partial charge is 0.370 e. The van der Waals surface area contributed by atoms with E-state index in [1.165, 1.54) is 0 Å². The van der Waals surface area contributed by atoms with Crippen molar-refractivity contribution in [3.63, 3.8) is 0 Å². The van der Waals surface area contributed by atoms with Crippen LogP contribution in [0.2, 0.25) is 0 Å². The maximum absolute atomic E-state index is 11.3. The van der Waals surface area contributed by atoms with Gasteiger partial charge in [0.15, 0.2) is 5.96 Å². The first-order valence-electron chi connectivity index (χ1n) is 4.86. The van der Waals surface area contributed by atoms with E-state index in [-0.39, 0.29) is 4.75 Å². The topological polar surface area (TPSA) is 67.5 Å². The van der Waals surface area contributed by atoms with Crippen molar-refractivity contribution in [3.05, 3.63) is 0 Å². The van der Waals surface area contributed by atoms with Crippen LogP contribution in [0.5, 0.6) is 0 Å². The summed E-state index contributed by atoms with van der Waals surface area (Å²) >= 11 is 0. The second kappa shape index (κ2) is 4.29. The van der Waals surface area contributed by atoms with Gasteiger partial charge in [0.2, 0.25) is 0 Å². The molecule has 1 fully saturated rings. The van der Waals surface area contributed by atoms with Crippen molar-refractivity contribution < 1.29 is 4.21 Å². The highest BCUT2D eigenvalue weighted by Crippen LogP contribution is 2.41. The van der Waals surface area contributed by atoms with Crippen LogP contribution in [0.15, 0.2) is 4.99 Å². The van der Waals surface area contributed by atoms with Gasteiger partial charge in [0.05, 0.1) is 11.3 Å². The molecule has 82 valence electrons. The highest BCUT2D eigenvalue weighted by Gasteiger charge is 2.46. The van der Waals surface area contributed by atoms with Crippen LogP contribution < -0.4 is 11.1 Å². The Morgan fingerprint density at radius 3 is 2.57 bits per heavy atom. The minimum atomic E-state index is -0.784. The third-order valence-corrected chi connectivity index (χ3v) is 4.15. The molecule has 0 aromatic rings. The van der Waals surface area contributed by atoms with Crippen molar-refractivity contribution in [1.29, 1.82) is 0 Å². The van der Waals surface area contributed by atoms with Crippen molar-refractivity contribution in [2.75, 3.05) is 12.8 Å². The molecule has 0 heterocycles. The molecule has 0 aromatic carbocycles. The second-order valence-corrected chi connectivity index (χ2v) is 5.91. The second-order valence-electron chi connectivity index (χ2n) is 4.14. The summed E-state index contributed by atoms with van der Waals surface area (Å²) in [5, 5.41) is 3.01. The van der Waals surface area contributed by atoms with E-state index in [4.69, 9.17) is 5.73 Å². The highest BCUT2D eigenvalue weighted by molar-refractivity contribution is 7.86. The number of rotatable bonds is 4. The van der Waals surface area contributed by atoms with Gasteiger partial charge in [-0.1, -0.05) is 0 Å². The molecule has 1 aliphatic rings. The molecule has 1 atom stereocenters. The predicted octanol–water partition coefficient (Wildman–Crippen LogP) is 0.210. The van der Waals surface area contributed by atoms with Crippen LogP contribution in [-0.2, 0) is 10.8 Å². The first-order chi connectivity index (χ1) is 6.46. The summed E-state index contributed by atoms with van der Waals surface area (Å²) in [5.74, 6) is 0.455. The molecule has 0 aromatic heterocycles.